The molecule has 0 bridgehead atoms. The molecule has 0 unspecified atom stereocenters. The third kappa shape index (κ3) is 4.59. The zero-order chi connectivity index (χ0) is 20.2. The van der Waals surface area contributed by atoms with Crippen molar-refractivity contribution in [3.8, 4) is 0 Å². The van der Waals surface area contributed by atoms with Gasteiger partial charge in [-0.05, 0) is 55.3 Å². The summed E-state index contributed by atoms with van der Waals surface area (Å²) >= 11 is 5.94. The van der Waals surface area contributed by atoms with Crippen molar-refractivity contribution >= 4 is 39.8 Å². The molecular weight excluding hydrogens is 388 g/mol. The van der Waals surface area contributed by atoms with Crippen molar-refractivity contribution in [3.63, 3.8) is 0 Å². The highest BCUT2D eigenvalue weighted by Gasteiger charge is 2.11. The lowest BCUT2D eigenvalue weighted by Gasteiger charge is -2.22. The van der Waals surface area contributed by atoms with Gasteiger partial charge in [0, 0.05) is 29.5 Å². The van der Waals surface area contributed by atoms with Crippen molar-refractivity contribution in [2.24, 2.45) is 0 Å². The SMILES string of the molecule is O=C(Cn1cnc2cc(Cl)ccc2c1=O)Nc1ccc(N2CCCCCC2)cc1. The van der Waals surface area contributed by atoms with Gasteiger partial charge in [-0.25, -0.2) is 4.98 Å². The first-order valence-electron chi connectivity index (χ1n) is 9.90. The maximum atomic E-state index is 12.6. The molecule has 0 aliphatic carbocycles. The lowest BCUT2D eigenvalue weighted by Crippen LogP contribution is -2.28. The minimum Gasteiger partial charge on any atom is -0.372 e. The van der Waals surface area contributed by atoms with E-state index >= 15 is 0 Å². The lowest BCUT2D eigenvalue weighted by atomic mass is 10.2. The zero-order valence-corrected chi connectivity index (χ0v) is 16.9. The highest BCUT2D eigenvalue weighted by molar-refractivity contribution is 6.31. The number of carbonyl (C=O) groups is 1. The monoisotopic (exact) mass is 410 g/mol. The van der Waals surface area contributed by atoms with Crippen LogP contribution in [0.4, 0.5) is 11.4 Å². The number of fused-ring (bicyclic) bond motifs is 1. The fourth-order valence-corrected chi connectivity index (χ4v) is 3.85. The second kappa shape index (κ2) is 8.66. The van der Waals surface area contributed by atoms with E-state index in [2.05, 4.69) is 15.2 Å². The second-order valence-electron chi connectivity index (χ2n) is 7.34. The predicted molar refractivity (Wildman–Crippen MR) is 117 cm³/mol. The topological polar surface area (TPSA) is 67.2 Å². The number of aromatic nitrogens is 2. The number of nitrogens with zero attached hydrogens (tertiary/aromatic N) is 3. The molecular formula is C22H23ClN4O2. The van der Waals surface area contributed by atoms with Gasteiger partial charge in [-0.3, -0.25) is 14.2 Å². The fourth-order valence-electron chi connectivity index (χ4n) is 3.68. The quantitative estimate of drug-likeness (QED) is 0.704. The third-order valence-electron chi connectivity index (χ3n) is 5.22. The van der Waals surface area contributed by atoms with Crippen molar-refractivity contribution in [2.75, 3.05) is 23.3 Å². The highest BCUT2D eigenvalue weighted by atomic mass is 35.5. The summed E-state index contributed by atoms with van der Waals surface area (Å²) in [5.41, 5.74) is 2.14. The van der Waals surface area contributed by atoms with Crippen LogP contribution in [0.5, 0.6) is 0 Å². The van der Waals surface area contributed by atoms with Gasteiger partial charge in [-0.15, -0.1) is 0 Å². The molecule has 1 aliphatic heterocycles. The molecule has 0 radical (unpaired) electrons. The average Bonchev–Trinajstić information content (AvgIpc) is 3.00. The second-order valence-corrected chi connectivity index (χ2v) is 7.77. The Kier molecular flexibility index (Phi) is 5.81. The van der Waals surface area contributed by atoms with Gasteiger partial charge in [0.1, 0.15) is 6.54 Å². The summed E-state index contributed by atoms with van der Waals surface area (Å²) in [4.78, 5) is 31.6. The van der Waals surface area contributed by atoms with Crippen LogP contribution in [0.15, 0.2) is 53.6 Å². The van der Waals surface area contributed by atoms with Crippen molar-refractivity contribution in [1.29, 1.82) is 0 Å². The van der Waals surface area contributed by atoms with Crippen LogP contribution in [0, 0.1) is 0 Å². The number of halogens is 1. The van der Waals surface area contributed by atoms with Crippen molar-refractivity contribution < 1.29 is 4.79 Å². The molecule has 7 heteroatoms. The molecule has 1 aromatic heterocycles. The van der Waals surface area contributed by atoms with Crippen LogP contribution in [0.25, 0.3) is 10.9 Å². The first kappa shape index (κ1) is 19.5. The van der Waals surface area contributed by atoms with Crippen molar-refractivity contribution in [1.82, 2.24) is 9.55 Å². The summed E-state index contributed by atoms with van der Waals surface area (Å²) in [6.07, 6.45) is 6.41. The van der Waals surface area contributed by atoms with E-state index in [0.29, 0.717) is 21.6 Å². The van der Waals surface area contributed by atoms with Gasteiger partial charge >= 0.3 is 0 Å². The van der Waals surface area contributed by atoms with Crippen LogP contribution in [-0.2, 0) is 11.3 Å². The number of hydrogen-bond acceptors (Lipinski definition) is 4. The number of nitrogens with one attached hydrogen (secondary N) is 1. The Morgan fingerprint density at radius 2 is 1.76 bits per heavy atom. The minimum atomic E-state index is -0.273. The average molecular weight is 411 g/mol. The molecule has 150 valence electrons. The smallest absolute Gasteiger partial charge is 0.261 e. The molecule has 1 fully saturated rings. The molecule has 0 atom stereocenters. The van der Waals surface area contributed by atoms with Gasteiger partial charge < -0.3 is 10.2 Å². The molecule has 2 heterocycles. The van der Waals surface area contributed by atoms with Gasteiger partial charge in [0.05, 0.1) is 17.2 Å². The maximum Gasteiger partial charge on any atom is 0.261 e. The highest BCUT2D eigenvalue weighted by Crippen LogP contribution is 2.21. The van der Waals surface area contributed by atoms with Gasteiger partial charge in [-0.1, -0.05) is 24.4 Å². The molecule has 4 rings (SSSR count). The number of hydrogen-bond donors (Lipinski definition) is 1. The Morgan fingerprint density at radius 3 is 2.48 bits per heavy atom. The largest absolute Gasteiger partial charge is 0.372 e. The minimum absolute atomic E-state index is 0.0989. The van der Waals surface area contributed by atoms with E-state index in [-0.39, 0.29) is 18.0 Å². The van der Waals surface area contributed by atoms with Crippen LogP contribution in [0.1, 0.15) is 25.7 Å². The lowest BCUT2D eigenvalue weighted by molar-refractivity contribution is -0.116. The standard InChI is InChI=1S/C22H23ClN4O2/c23-16-5-10-19-20(13-16)24-15-27(22(19)29)14-21(28)25-17-6-8-18(9-7-17)26-11-3-1-2-4-12-26/h5-10,13,15H,1-4,11-12,14H2,(H,25,28). The summed E-state index contributed by atoms with van der Waals surface area (Å²) in [6.45, 7) is 2.06. The summed E-state index contributed by atoms with van der Waals surface area (Å²) < 4.78 is 1.30. The molecule has 1 saturated heterocycles. The first-order chi connectivity index (χ1) is 14.1. The van der Waals surface area contributed by atoms with E-state index in [0.717, 1.165) is 13.1 Å². The van der Waals surface area contributed by atoms with Crippen molar-refractivity contribution in [2.45, 2.75) is 32.2 Å². The summed E-state index contributed by atoms with van der Waals surface area (Å²) in [5, 5.41) is 3.80. The molecule has 1 N–H and O–H groups in total. The van der Waals surface area contributed by atoms with E-state index in [1.165, 1.54) is 42.3 Å². The Balaban J connectivity index is 1.43. The predicted octanol–water partition coefficient (Wildman–Crippen LogP) is 4.07. The van der Waals surface area contributed by atoms with E-state index < -0.39 is 0 Å². The van der Waals surface area contributed by atoms with E-state index in [4.69, 9.17) is 11.6 Å². The molecule has 6 nitrogen and oxygen atoms in total. The maximum absolute atomic E-state index is 12.6. The number of rotatable bonds is 4. The van der Waals surface area contributed by atoms with Gasteiger partial charge in [0.15, 0.2) is 0 Å². The van der Waals surface area contributed by atoms with Crippen LogP contribution in [0.2, 0.25) is 5.02 Å². The van der Waals surface area contributed by atoms with Crippen LogP contribution >= 0.6 is 11.6 Å². The molecule has 29 heavy (non-hydrogen) atoms. The van der Waals surface area contributed by atoms with Crippen LogP contribution < -0.4 is 15.8 Å². The van der Waals surface area contributed by atoms with E-state index in [9.17, 15) is 9.59 Å². The van der Waals surface area contributed by atoms with Crippen LogP contribution in [-0.4, -0.2) is 28.5 Å². The third-order valence-corrected chi connectivity index (χ3v) is 5.46. The van der Waals surface area contributed by atoms with Gasteiger partial charge in [0.25, 0.3) is 5.56 Å². The summed E-state index contributed by atoms with van der Waals surface area (Å²) in [6, 6.07) is 12.8. The molecule has 2 aromatic carbocycles. The van der Waals surface area contributed by atoms with E-state index in [1.54, 1.807) is 18.2 Å². The van der Waals surface area contributed by atoms with Gasteiger partial charge in [0.2, 0.25) is 5.91 Å². The van der Waals surface area contributed by atoms with E-state index in [1.807, 2.05) is 24.3 Å². The normalized spacial score (nSPS) is 14.6. The molecule has 0 spiro atoms. The Bertz CT molecular complexity index is 1070. The van der Waals surface area contributed by atoms with Crippen molar-refractivity contribution in [3.05, 3.63) is 64.2 Å². The Labute approximate surface area is 174 Å². The Hall–Kier alpha value is -2.86. The van der Waals surface area contributed by atoms with Gasteiger partial charge in [-0.2, -0.15) is 0 Å². The zero-order valence-electron chi connectivity index (χ0n) is 16.1. The van der Waals surface area contributed by atoms with Crippen LogP contribution in [0.3, 0.4) is 0 Å². The number of anilines is 2. The molecule has 3 aromatic rings. The number of carbonyl (C=O) groups excluding carboxylic acids is 1. The fraction of sp³-hybridized carbons (Fsp3) is 0.318. The molecule has 0 saturated carbocycles. The number of benzene rings is 2. The summed E-state index contributed by atoms with van der Waals surface area (Å²) in [7, 11) is 0. The molecule has 1 amide bonds. The molecule has 1 aliphatic rings. The Morgan fingerprint density at radius 1 is 1.03 bits per heavy atom. The number of amides is 1. The first-order valence-corrected chi connectivity index (χ1v) is 10.3. The summed E-state index contributed by atoms with van der Waals surface area (Å²) in [5.74, 6) is -0.273.